The van der Waals surface area contributed by atoms with Crippen molar-refractivity contribution in [1.29, 1.82) is 0 Å². The maximum atomic E-state index is 12.4. The van der Waals surface area contributed by atoms with Crippen LogP contribution in [0, 0.1) is 0 Å². The number of hydrogen-bond acceptors (Lipinski definition) is 8. The molecule has 5 rings (SSSR count). The molecule has 1 unspecified atom stereocenters. The molecule has 9 heteroatoms. The summed E-state index contributed by atoms with van der Waals surface area (Å²) >= 11 is 0. The summed E-state index contributed by atoms with van der Waals surface area (Å²) in [5.41, 5.74) is 0.594. The number of hydrogen-bond donors (Lipinski definition) is 1. The van der Waals surface area contributed by atoms with E-state index >= 15 is 0 Å². The van der Waals surface area contributed by atoms with Gasteiger partial charge in [0.25, 0.3) is 5.56 Å². The number of morpholine rings is 1. The van der Waals surface area contributed by atoms with Gasteiger partial charge in [-0.1, -0.05) is 6.07 Å². The molecule has 150 valence electrons. The fourth-order valence-electron chi connectivity index (χ4n) is 3.86. The first-order valence-corrected chi connectivity index (χ1v) is 9.92. The summed E-state index contributed by atoms with van der Waals surface area (Å²) in [7, 11) is 0. The summed E-state index contributed by atoms with van der Waals surface area (Å²) in [6.45, 7) is 4.72. The summed E-state index contributed by atoms with van der Waals surface area (Å²) in [4.78, 5) is 30.4. The molecule has 29 heavy (non-hydrogen) atoms. The first-order valence-electron chi connectivity index (χ1n) is 9.92. The van der Waals surface area contributed by atoms with Gasteiger partial charge in [-0.05, 0) is 24.6 Å². The molecule has 9 nitrogen and oxygen atoms in total. The highest BCUT2D eigenvalue weighted by molar-refractivity contribution is 5.50. The second-order valence-electron chi connectivity index (χ2n) is 7.30. The molecule has 0 aromatic carbocycles. The number of pyridine rings is 1. The van der Waals surface area contributed by atoms with Gasteiger partial charge >= 0.3 is 0 Å². The number of aromatic nitrogens is 4. The number of ether oxygens (including phenoxy) is 1. The molecule has 2 fully saturated rings. The van der Waals surface area contributed by atoms with Gasteiger partial charge in [-0.15, -0.1) is 0 Å². The zero-order chi connectivity index (χ0) is 19.6. The lowest BCUT2D eigenvalue weighted by Crippen LogP contribution is -2.37. The molecular formula is C20H23N7O2. The Bertz CT molecular complexity index is 1060. The molecule has 2 saturated heterocycles. The maximum absolute atomic E-state index is 12.4. The summed E-state index contributed by atoms with van der Waals surface area (Å²) in [6, 6.07) is 9.30. The van der Waals surface area contributed by atoms with Crippen LogP contribution in [0.4, 0.5) is 17.6 Å². The third kappa shape index (κ3) is 3.73. The monoisotopic (exact) mass is 393 g/mol. The van der Waals surface area contributed by atoms with E-state index in [9.17, 15) is 4.79 Å². The molecule has 2 aliphatic rings. The fourth-order valence-corrected chi connectivity index (χ4v) is 3.86. The number of nitrogens with one attached hydrogen (secondary N) is 1. The molecule has 0 amide bonds. The highest BCUT2D eigenvalue weighted by Crippen LogP contribution is 2.20. The molecule has 1 atom stereocenters. The van der Waals surface area contributed by atoms with Crippen LogP contribution in [0.2, 0.25) is 0 Å². The van der Waals surface area contributed by atoms with E-state index in [0.717, 1.165) is 51.6 Å². The van der Waals surface area contributed by atoms with Gasteiger partial charge in [-0.25, -0.2) is 9.97 Å². The van der Waals surface area contributed by atoms with Gasteiger partial charge in [0.05, 0.1) is 13.2 Å². The lowest BCUT2D eigenvalue weighted by molar-refractivity contribution is 0.122. The van der Waals surface area contributed by atoms with Crippen LogP contribution in [0.1, 0.15) is 6.42 Å². The minimum Gasteiger partial charge on any atom is -0.378 e. The van der Waals surface area contributed by atoms with Gasteiger partial charge in [-0.2, -0.15) is 4.98 Å². The lowest BCUT2D eigenvalue weighted by atomic mass is 10.3. The van der Waals surface area contributed by atoms with Crippen LogP contribution < -0.4 is 20.7 Å². The zero-order valence-electron chi connectivity index (χ0n) is 16.1. The number of fused-ring (bicyclic) bond motifs is 1. The SMILES string of the molecule is O=c1cc(N2CCC(Nc3nccc(N4CCOCC4)n3)C2)nc2ccccn12. The minimum atomic E-state index is -0.0662. The zero-order valence-corrected chi connectivity index (χ0v) is 16.1. The van der Waals surface area contributed by atoms with Crippen LogP contribution in [0.3, 0.4) is 0 Å². The van der Waals surface area contributed by atoms with Gasteiger partial charge < -0.3 is 19.9 Å². The average molecular weight is 393 g/mol. The Morgan fingerprint density at radius 3 is 2.83 bits per heavy atom. The molecule has 1 N–H and O–H groups in total. The molecule has 3 aromatic heterocycles. The topological polar surface area (TPSA) is 87.9 Å². The minimum absolute atomic E-state index is 0.0662. The number of anilines is 3. The van der Waals surface area contributed by atoms with Crippen LogP contribution in [0.25, 0.3) is 5.65 Å². The van der Waals surface area contributed by atoms with Crippen molar-refractivity contribution in [2.75, 3.05) is 54.5 Å². The normalized spacial score (nSPS) is 19.7. The van der Waals surface area contributed by atoms with E-state index < -0.39 is 0 Å². The van der Waals surface area contributed by atoms with Crippen LogP contribution in [-0.4, -0.2) is 64.8 Å². The van der Waals surface area contributed by atoms with Gasteiger partial charge in [-0.3, -0.25) is 9.20 Å². The van der Waals surface area contributed by atoms with E-state index in [2.05, 4.69) is 30.1 Å². The Hall–Kier alpha value is -3.20. The largest absolute Gasteiger partial charge is 0.378 e. The van der Waals surface area contributed by atoms with E-state index in [0.29, 0.717) is 17.4 Å². The summed E-state index contributed by atoms with van der Waals surface area (Å²) in [6.07, 6.45) is 4.46. The molecule has 0 aliphatic carbocycles. The molecule has 0 spiro atoms. The van der Waals surface area contributed by atoms with Crippen molar-refractivity contribution < 1.29 is 4.74 Å². The summed E-state index contributed by atoms with van der Waals surface area (Å²) in [5.74, 6) is 2.27. The highest BCUT2D eigenvalue weighted by atomic mass is 16.5. The lowest BCUT2D eigenvalue weighted by Gasteiger charge is -2.28. The molecule has 0 bridgehead atoms. The van der Waals surface area contributed by atoms with Crippen molar-refractivity contribution in [2.45, 2.75) is 12.5 Å². The van der Waals surface area contributed by atoms with Crippen molar-refractivity contribution in [3.05, 3.63) is 53.1 Å². The first kappa shape index (κ1) is 17.9. The van der Waals surface area contributed by atoms with Crippen LogP contribution in [0.5, 0.6) is 0 Å². The second-order valence-corrected chi connectivity index (χ2v) is 7.30. The van der Waals surface area contributed by atoms with Gasteiger partial charge in [0.1, 0.15) is 17.3 Å². The Balaban J connectivity index is 1.29. The van der Waals surface area contributed by atoms with Gasteiger partial charge in [0, 0.05) is 50.7 Å². The van der Waals surface area contributed by atoms with Crippen LogP contribution >= 0.6 is 0 Å². The quantitative estimate of drug-likeness (QED) is 0.703. The first-order chi connectivity index (χ1) is 14.3. The maximum Gasteiger partial charge on any atom is 0.259 e. The second kappa shape index (κ2) is 7.67. The fraction of sp³-hybridized carbons (Fsp3) is 0.400. The van der Waals surface area contributed by atoms with E-state index in [1.165, 1.54) is 0 Å². The van der Waals surface area contributed by atoms with Crippen LogP contribution in [0.15, 0.2) is 47.5 Å². The van der Waals surface area contributed by atoms with Crippen molar-refractivity contribution >= 4 is 23.2 Å². The Morgan fingerprint density at radius 1 is 1.03 bits per heavy atom. The molecule has 2 aliphatic heterocycles. The Morgan fingerprint density at radius 2 is 1.93 bits per heavy atom. The highest BCUT2D eigenvalue weighted by Gasteiger charge is 2.25. The van der Waals surface area contributed by atoms with Crippen molar-refractivity contribution in [3.8, 4) is 0 Å². The van der Waals surface area contributed by atoms with E-state index in [1.807, 2.05) is 24.3 Å². The van der Waals surface area contributed by atoms with Crippen molar-refractivity contribution in [1.82, 2.24) is 19.4 Å². The van der Waals surface area contributed by atoms with Crippen LogP contribution in [-0.2, 0) is 4.74 Å². The standard InChI is InChI=1S/C20H23N7O2/c28-19-13-18(23-17-3-1-2-7-27(17)19)26-8-5-15(14-26)22-20-21-6-4-16(24-20)25-9-11-29-12-10-25/h1-4,6-7,13,15H,5,8-12,14H2,(H,21,22,24). The third-order valence-electron chi connectivity index (χ3n) is 5.38. The molecule has 3 aromatic rings. The molecule has 0 saturated carbocycles. The van der Waals surface area contributed by atoms with Crippen molar-refractivity contribution in [2.24, 2.45) is 0 Å². The summed E-state index contributed by atoms with van der Waals surface area (Å²) in [5, 5.41) is 3.44. The third-order valence-corrected chi connectivity index (χ3v) is 5.38. The van der Waals surface area contributed by atoms with E-state index in [4.69, 9.17) is 4.74 Å². The number of nitrogens with zero attached hydrogens (tertiary/aromatic N) is 6. The Kier molecular flexibility index (Phi) is 4.73. The van der Waals surface area contributed by atoms with E-state index in [1.54, 1.807) is 22.9 Å². The molecule has 5 heterocycles. The Labute approximate surface area is 168 Å². The average Bonchev–Trinajstić information content (AvgIpc) is 3.23. The van der Waals surface area contributed by atoms with Crippen molar-refractivity contribution in [3.63, 3.8) is 0 Å². The van der Waals surface area contributed by atoms with Gasteiger partial charge in [0.15, 0.2) is 0 Å². The molecular weight excluding hydrogens is 370 g/mol. The predicted octanol–water partition coefficient (Wildman–Crippen LogP) is 1.01. The van der Waals surface area contributed by atoms with Gasteiger partial charge in [0.2, 0.25) is 5.95 Å². The summed E-state index contributed by atoms with van der Waals surface area (Å²) < 4.78 is 6.97. The van der Waals surface area contributed by atoms with E-state index in [-0.39, 0.29) is 11.6 Å². The number of rotatable bonds is 4. The predicted molar refractivity (Wildman–Crippen MR) is 111 cm³/mol. The molecule has 0 radical (unpaired) electrons. The smallest absolute Gasteiger partial charge is 0.259 e.